The van der Waals surface area contributed by atoms with Gasteiger partial charge in [-0.1, -0.05) is 66.2 Å². The molecule has 3 aromatic rings. The zero-order chi connectivity index (χ0) is 19.8. The van der Waals surface area contributed by atoms with Crippen LogP contribution in [0.25, 0.3) is 0 Å². The first-order chi connectivity index (χ1) is 13.6. The fourth-order valence-corrected chi connectivity index (χ4v) is 2.92. The molecule has 0 radical (unpaired) electrons. The number of amides is 2. The molecule has 1 N–H and O–H groups in total. The SMILES string of the molecule is Cc1ccc(N(Cc2ccccc2)C(=O)CCNC(=O)c2ccccc2)cc1. The first kappa shape index (κ1) is 19.4. The van der Waals surface area contributed by atoms with E-state index in [9.17, 15) is 9.59 Å². The van der Waals surface area contributed by atoms with E-state index < -0.39 is 0 Å². The molecule has 0 aliphatic rings. The second-order valence-corrected chi connectivity index (χ2v) is 6.67. The number of nitrogens with one attached hydrogen (secondary N) is 1. The number of hydrogen-bond donors (Lipinski definition) is 1. The summed E-state index contributed by atoms with van der Waals surface area (Å²) in [6, 6.07) is 26.8. The Labute approximate surface area is 165 Å². The molecule has 0 bridgehead atoms. The van der Waals surface area contributed by atoms with Gasteiger partial charge in [-0.15, -0.1) is 0 Å². The van der Waals surface area contributed by atoms with E-state index in [0.29, 0.717) is 18.7 Å². The summed E-state index contributed by atoms with van der Waals surface area (Å²) in [7, 11) is 0. The average Bonchev–Trinajstić information content (AvgIpc) is 2.74. The summed E-state index contributed by atoms with van der Waals surface area (Å²) in [5.41, 5.74) is 3.65. The molecule has 0 saturated carbocycles. The summed E-state index contributed by atoms with van der Waals surface area (Å²) in [5.74, 6) is -0.195. The average molecular weight is 372 g/mol. The van der Waals surface area contributed by atoms with E-state index in [1.807, 2.05) is 79.7 Å². The Hall–Kier alpha value is -3.40. The molecule has 4 heteroatoms. The molecule has 0 aliphatic carbocycles. The molecular weight excluding hydrogens is 348 g/mol. The van der Waals surface area contributed by atoms with Gasteiger partial charge in [-0.2, -0.15) is 0 Å². The minimum atomic E-state index is -0.168. The summed E-state index contributed by atoms with van der Waals surface area (Å²) in [6.45, 7) is 2.81. The Morgan fingerprint density at radius 2 is 1.43 bits per heavy atom. The fraction of sp³-hybridized carbons (Fsp3) is 0.167. The highest BCUT2D eigenvalue weighted by atomic mass is 16.2. The minimum Gasteiger partial charge on any atom is -0.352 e. The molecule has 142 valence electrons. The number of aryl methyl sites for hydroxylation is 1. The monoisotopic (exact) mass is 372 g/mol. The molecule has 28 heavy (non-hydrogen) atoms. The van der Waals surface area contributed by atoms with Crippen LogP contribution in [0, 0.1) is 6.92 Å². The molecule has 0 spiro atoms. The van der Waals surface area contributed by atoms with Crippen molar-refractivity contribution in [2.24, 2.45) is 0 Å². The number of benzene rings is 3. The van der Waals surface area contributed by atoms with Crippen molar-refractivity contribution in [1.29, 1.82) is 0 Å². The number of hydrogen-bond acceptors (Lipinski definition) is 2. The summed E-state index contributed by atoms with van der Waals surface area (Å²) >= 11 is 0. The Morgan fingerprint density at radius 3 is 2.07 bits per heavy atom. The zero-order valence-electron chi connectivity index (χ0n) is 16.0. The molecule has 3 rings (SSSR count). The van der Waals surface area contributed by atoms with Crippen LogP contribution in [0.5, 0.6) is 0 Å². The summed E-state index contributed by atoms with van der Waals surface area (Å²) in [5, 5.41) is 2.82. The van der Waals surface area contributed by atoms with Crippen LogP contribution >= 0.6 is 0 Å². The van der Waals surface area contributed by atoms with Gasteiger partial charge < -0.3 is 10.2 Å². The predicted molar refractivity (Wildman–Crippen MR) is 112 cm³/mol. The van der Waals surface area contributed by atoms with Gasteiger partial charge in [-0.25, -0.2) is 0 Å². The largest absolute Gasteiger partial charge is 0.352 e. The third-order valence-electron chi connectivity index (χ3n) is 4.49. The van der Waals surface area contributed by atoms with Crippen LogP contribution in [0.15, 0.2) is 84.9 Å². The van der Waals surface area contributed by atoms with E-state index in [1.54, 1.807) is 17.0 Å². The van der Waals surface area contributed by atoms with Crippen molar-refractivity contribution in [3.8, 4) is 0 Å². The van der Waals surface area contributed by atoms with Gasteiger partial charge in [0.25, 0.3) is 5.91 Å². The molecular formula is C24H24N2O2. The molecule has 0 unspecified atom stereocenters. The van der Waals surface area contributed by atoms with Gasteiger partial charge in [-0.3, -0.25) is 9.59 Å². The quantitative estimate of drug-likeness (QED) is 0.670. The van der Waals surface area contributed by atoms with Crippen molar-refractivity contribution < 1.29 is 9.59 Å². The second-order valence-electron chi connectivity index (χ2n) is 6.67. The Morgan fingerprint density at radius 1 is 0.821 bits per heavy atom. The Bertz CT molecular complexity index is 906. The van der Waals surface area contributed by atoms with Gasteiger partial charge in [0.05, 0.1) is 6.54 Å². The van der Waals surface area contributed by atoms with E-state index in [4.69, 9.17) is 0 Å². The maximum absolute atomic E-state index is 12.9. The molecule has 4 nitrogen and oxygen atoms in total. The number of carbonyl (C=O) groups is 2. The highest BCUT2D eigenvalue weighted by Crippen LogP contribution is 2.19. The number of rotatable bonds is 7. The fourth-order valence-electron chi connectivity index (χ4n) is 2.92. The number of nitrogens with zero attached hydrogens (tertiary/aromatic N) is 1. The van der Waals surface area contributed by atoms with E-state index in [0.717, 1.165) is 16.8 Å². The zero-order valence-corrected chi connectivity index (χ0v) is 16.0. The summed E-state index contributed by atoms with van der Waals surface area (Å²) < 4.78 is 0. The van der Waals surface area contributed by atoms with Crippen LogP contribution in [0.1, 0.15) is 27.9 Å². The number of anilines is 1. The van der Waals surface area contributed by atoms with Gasteiger partial charge in [0.1, 0.15) is 0 Å². The summed E-state index contributed by atoms with van der Waals surface area (Å²) in [6.07, 6.45) is 0.235. The van der Waals surface area contributed by atoms with Gasteiger partial charge in [-0.05, 0) is 36.8 Å². The lowest BCUT2D eigenvalue weighted by Gasteiger charge is -2.23. The van der Waals surface area contributed by atoms with Crippen LogP contribution in [-0.4, -0.2) is 18.4 Å². The molecule has 3 aromatic carbocycles. The van der Waals surface area contributed by atoms with Crippen molar-refractivity contribution in [3.63, 3.8) is 0 Å². The number of carbonyl (C=O) groups excluding carboxylic acids is 2. The van der Waals surface area contributed by atoms with E-state index >= 15 is 0 Å². The van der Waals surface area contributed by atoms with E-state index in [2.05, 4.69) is 5.32 Å². The van der Waals surface area contributed by atoms with Gasteiger partial charge in [0.15, 0.2) is 0 Å². The summed E-state index contributed by atoms with van der Waals surface area (Å²) in [4.78, 5) is 26.9. The Kier molecular flexibility index (Phi) is 6.58. The highest BCUT2D eigenvalue weighted by Gasteiger charge is 2.16. The topological polar surface area (TPSA) is 49.4 Å². The maximum Gasteiger partial charge on any atom is 0.251 e. The highest BCUT2D eigenvalue weighted by molar-refractivity contribution is 5.96. The standard InChI is InChI=1S/C24H24N2O2/c1-19-12-14-22(15-13-19)26(18-20-8-4-2-5-9-20)23(27)16-17-25-24(28)21-10-6-3-7-11-21/h2-15H,16-18H2,1H3,(H,25,28). The van der Waals surface area contributed by atoms with Crippen LogP contribution in [0.2, 0.25) is 0 Å². The van der Waals surface area contributed by atoms with Gasteiger partial charge >= 0.3 is 0 Å². The smallest absolute Gasteiger partial charge is 0.251 e. The predicted octanol–water partition coefficient (Wildman–Crippen LogP) is 4.35. The van der Waals surface area contributed by atoms with E-state index in [-0.39, 0.29) is 18.2 Å². The van der Waals surface area contributed by atoms with Crippen molar-refractivity contribution in [2.75, 3.05) is 11.4 Å². The van der Waals surface area contributed by atoms with Crippen LogP contribution in [0.4, 0.5) is 5.69 Å². The van der Waals surface area contributed by atoms with Crippen molar-refractivity contribution in [1.82, 2.24) is 5.32 Å². The lowest BCUT2D eigenvalue weighted by atomic mass is 10.1. The molecule has 2 amide bonds. The van der Waals surface area contributed by atoms with Crippen molar-refractivity contribution in [2.45, 2.75) is 19.9 Å². The molecule has 0 atom stereocenters. The van der Waals surface area contributed by atoms with Crippen LogP contribution in [-0.2, 0) is 11.3 Å². The maximum atomic E-state index is 12.9. The molecule has 0 heterocycles. The second kappa shape index (κ2) is 9.51. The normalized spacial score (nSPS) is 10.3. The first-order valence-electron chi connectivity index (χ1n) is 9.38. The van der Waals surface area contributed by atoms with Crippen LogP contribution in [0.3, 0.4) is 0 Å². The van der Waals surface area contributed by atoms with Gasteiger partial charge in [0.2, 0.25) is 5.91 Å². The molecule has 0 aromatic heterocycles. The van der Waals surface area contributed by atoms with Crippen molar-refractivity contribution in [3.05, 3.63) is 102 Å². The van der Waals surface area contributed by atoms with Gasteiger partial charge in [0, 0.05) is 24.2 Å². The molecule has 0 aliphatic heterocycles. The third kappa shape index (κ3) is 5.30. The minimum absolute atomic E-state index is 0.0268. The lowest BCUT2D eigenvalue weighted by molar-refractivity contribution is -0.118. The Balaban J connectivity index is 1.66. The van der Waals surface area contributed by atoms with Crippen molar-refractivity contribution >= 4 is 17.5 Å². The lowest BCUT2D eigenvalue weighted by Crippen LogP contribution is -2.34. The van der Waals surface area contributed by atoms with Crippen LogP contribution < -0.4 is 10.2 Å². The van der Waals surface area contributed by atoms with E-state index in [1.165, 1.54) is 0 Å². The first-order valence-corrected chi connectivity index (χ1v) is 9.38. The third-order valence-corrected chi connectivity index (χ3v) is 4.49. The molecule has 0 saturated heterocycles. The molecule has 0 fully saturated rings.